The molecule has 3 rings (SSSR count). The molecule has 0 radical (unpaired) electrons. The molecule has 6 nitrogen and oxygen atoms in total. The molecule has 0 saturated carbocycles. The first kappa shape index (κ1) is 22.8. The third-order valence-electron chi connectivity index (χ3n) is 4.02. The van der Waals surface area contributed by atoms with Gasteiger partial charge in [-0.1, -0.05) is 30.3 Å². The normalized spacial score (nSPS) is 11.2. The molecule has 146 valence electrons. The van der Waals surface area contributed by atoms with Gasteiger partial charge in [-0.3, -0.25) is 0 Å². The van der Waals surface area contributed by atoms with E-state index in [2.05, 4.69) is 4.98 Å². The van der Waals surface area contributed by atoms with Gasteiger partial charge in [-0.05, 0) is 24.1 Å². The predicted molar refractivity (Wildman–Crippen MR) is 110 cm³/mol. The van der Waals surface area contributed by atoms with Crippen molar-refractivity contribution in [3.05, 3.63) is 59.9 Å². The number of halogens is 2. The van der Waals surface area contributed by atoms with Crippen LogP contribution in [0.5, 0.6) is 5.75 Å². The Bertz CT molecular complexity index is 885. The molecule has 3 aromatic rings. The maximum absolute atomic E-state index is 12.3. The Balaban J connectivity index is 0.00000182. The van der Waals surface area contributed by atoms with Crippen molar-refractivity contribution >= 4 is 41.8 Å². The zero-order chi connectivity index (χ0) is 17.8. The number of nitrogens with two attached hydrogens (primary N) is 1. The maximum Gasteiger partial charge on any atom is 0.343 e. The number of fused-ring (bicyclic) bond motifs is 1. The quantitative estimate of drug-likeness (QED) is 0.630. The average Bonchev–Trinajstić information content (AvgIpc) is 3.01. The molecular formula is C19H23Cl2N3O3. The molecule has 0 fully saturated rings. The summed E-state index contributed by atoms with van der Waals surface area (Å²) in [5, 5.41) is 0. The van der Waals surface area contributed by atoms with Crippen LogP contribution in [0.4, 0.5) is 0 Å². The van der Waals surface area contributed by atoms with E-state index in [1.807, 2.05) is 43.4 Å². The van der Waals surface area contributed by atoms with E-state index in [1.54, 1.807) is 17.0 Å². The van der Waals surface area contributed by atoms with Gasteiger partial charge in [0, 0.05) is 13.1 Å². The number of methoxy groups -OCH3 is 1. The highest BCUT2D eigenvalue weighted by molar-refractivity contribution is 6.04. The van der Waals surface area contributed by atoms with Crippen molar-refractivity contribution in [2.45, 2.75) is 12.5 Å². The van der Waals surface area contributed by atoms with Gasteiger partial charge in [0.25, 0.3) is 0 Å². The van der Waals surface area contributed by atoms with E-state index in [4.69, 9.17) is 15.2 Å². The van der Waals surface area contributed by atoms with Crippen LogP contribution in [0.25, 0.3) is 11.0 Å². The van der Waals surface area contributed by atoms with Crippen molar-refractivity contribution in [1.82, 2.24) is 9.55 Å². The van der Waals surface area contributed by atoms with Crippen molar-refractivity contribution in [3.8, 4) is 5.75 Å². The van der Waals surface area contributed by atoms with Gasteiger partial charge in [-0.15, -0.1) is 24.8 Å². The molecule has 0 aliphatic carbocycles. The molecule has 1 atom stereocenters. The summed E-state index contributed by atoms with van der Waals surface area (Å²) < 4.78 is 12.6. The molecule has 0 saturated heterocycles. The van der Waals surface area contributed by atoms with Crippen LogP contribution >= 0.6 is 24.8 Å². The van der Waals surface area contributed by atoms with E-state index in [9.17, 15) is 4.79 Å². The molecule has 0 amide bonds. The largest absolute Gasteiger partial charge is 0.491 e. The first-order valence-corrected chi connectivity index (χ1v) is 8.04. The number of esters is 1. The highest BCUT2D eigenvalue weighted by Crippen LogP contribution is 2.28. The Labute approximate surface area is 170 Å². The summed E-state index contributed by atoms with van der Waals surface area (Å²) in [6.07, 6.45) is 2.35. The average molecular weight is 412 g/mol. The molecule has 8 heteroatoms. The smallest absolute Gasteiger partial charge is 0.343 e. The topological polar surface area (TPSA) is 79.4 Å². The van der Waals surface area contributed by atoms with Gasteiger partial charge >= 0.3 is 5.97 Å². The lowest BCUT2D eigenvalue weighted by atomic mass is 10.1. The van der Waals surface area contributed by atoms with Crippen molar-refractivity contribution in [2.24, 2.45) is 12.8 Å². The summed E-state index contributed by atoms with van der Waals surface area (Å²) in [4.78, 5) is 16.5. The number of ether oxygens (including phenoxy) is 2. The zero-order valence-corrected chi connectivity index (χ0v) is 16.8. The summed E-state index contributed by atoms with van der Waals surface area (Å²) in [5.41, 5.74) is 9.08. The van der Waals surface area contributed by atoms with Gasteiger partial charge in [0.2, 0.25) is 0 Å². The van der Waals surface area contributed by atoms with Crippen LogP contribution in [0.3, 0.4) is 0 Å². The minimum Gasteiger partial charge on any atom is -0.491 e. The second-order valence-electron chi connectivity index (χ2n) is 5.91. The molecule has 2 aromatic carbocycles. The predicted octanol–water partition coefficient (Wildman–Crippen LogP) is 3.15. The van der Waals surface area contributed by atoms with Gasteiger partial charge in [-0.2, -0.15) is 0 Å². The van der Waals surface area contributed by atoms with Gasteiger partial charge < -0.3 is 19.8 Å². The minimum atomic E-state index is -0.458. The number of aromatic nitrogens is 2. The van der Waals surface area contributed by atoms with Gasteiger partial charge in [-0.25, -0.2) is 9.78 Å². The van der Waals surface area contributed by atoms with E-state index in [0.717, 1.165) is 5.56 Å². The fourth-order valence-electron chi connectivity index (χ4n) is 2.82. The number of aryl methyl sites for hydroxylation is 1. The molecule has 0 aliphatic heterocycles. The van der Waals surface area contributed by atoms with Crippen LogP contribution in [0, 0.1) is 0 Å². The monoisotopic (exact) mass is 411 g/mol. The van der Waals surface area contributed by atoms with E-state index in [0.29, 0.717) is 35.4 Å². The van der Waals surface area contributed by atoms with Crippen LogP contribution in [0.2, 0.25) is 0 Å². The second kappa shape index (κ2) is 10.2. The number of carbonyl (C=O) groups excluding carboxylic acids is 1. The van der Waals surface area contributed by atoms with Crippen molar-refractivity contribution in [1.29, 1.82) is 0 Å². The molecule has 0 aliphatic rings. The van der Waals surface area contributed by atoms with Crippen molar-refractivity contribution < 1.29 is 14.3 Å². The number of carbonyl (C=O) groups is 1. The first-order valence-electron chi connectivity index (χ1n) is 8.04. The van der Waals surface area contributed by atoms with E-state index < -0.39 is 5.97 Å². The molecule has 0 bridgehead atoms. The van der Waals surface area contributed by atoms with E-state index in [1.165, 1.54) is 7.11 Å². The summed E-state index contributed by atoms with van der Waals surface area (Å²) in [5.74, 6) is -0.00714. The molecular weight excluding hydrogens is 389 g/mol. The van der Waals surface area contributed by atoms with Crippen LogP contribution < -0.4 is 10.5 Å². The number of hydrogen-bond acceptors (Lipinski definition) is 5. The van der Waals surface area contributed by atoms with Crippen LogP contribution in [-0.4, -0.2) is 35.3 Å². The van der Waals surface area contributed by atoms with E-state index in [-0.39, 0.29) is 30.9 Å². The number of nitrogens with zero attached hydrogens (tertiary/aromatic N) is 2. The molecule has 1 heterocycles. The Morgan fingerprint density at radius 3 is 2.56 bits per heavy atom. The van der Waals surface area contributed by atoms with E-state index >= 15 is 0 Å². The number of rotatable bonds is 6. The summed E-state index contributed by atoms with van der Waals surface area (Å²) in [6.45, 7) is 0.294. The lowest BCUT2D eigenvalue weighted by Crippen LogP contribution is -2.30. The minimum absolute atomic E-state index is 0. The lowest BCUT2D eigenvalue weighted by molar-refractivity contribution is 0.0597. The number of benzene rings is 2. The van der Waals surface area contributed by atoms with Crippen LogP contribution in [0.1, 0.15) is 15.9 Å². The fraction of sp³-hybridized carbons (Fsp3) is 0.263. The summed E-state index contributed by atoms with van der Waals surface area (Å²) in [7, 11) is 3.18. The summed E-state index contributed by atoms with van der Waals surface area (Å²) in [6, 6.07) is 13.4. The van der Waals surface area contributed by atoms with Gasteiger partial charge in [0.05, 0.1) is 24.5 Å². The third kappa shape index (κ3) is 5.13. The van der Waals surface area contributed by atoms with Crippen molar-refractivity contribution in [2.75, 3.05) is 13.7 Å². The first-order chi connectivity index (χ1) is 12.1. The standard InChI is InChI=1S/C19H21N3O3.2ClH/c1-22-12-21-15-8-9-16(17(18(15)22)19(23)24-2)25-11-14(20)10-13-6-4-3-5-7-13;;/h3-9,12,14H,10-11,20H2,1-2H3;2*1H/t14-;;/m1../s1. The second-order valence-corrected chi connectivity index (χ2v) is 5.91. The molecule has 0 spiro atoms. The molecule has 1 aromatic heterocycles. The Hall–Kier alpha value is -2.28. The highest BCUT2D eigenvalue weighted by atomic mass is 35.5. The lowest BCUT2D eigenvalue weighted by Gasteiger charge is -2.16. The number of imidazole rings is 1. The van der Waals surface area contributed by atoms with Gasteiger partial charge in [0.15, 0.2) is 0 Å². The molecule has 2 N–H and O–H groups in total. The fourth-order valence-corrected chi connectivity index (χ4v) is 2.82. The SMILES string of the molecule is COC(=O)c1c(OC[C@H](N)Cc2ccccc2)ccc2ncn(C)c12.Cl.Cl. The summed E-state index contributed by atoms with van der Waals surface area (Å²) >= 11 is 0. The Morgan fingerprint density at radius 2 is 1.89 bits per heavy atom. The third-order valence-corrected chi connectivity index (χ3v) is 4.02. The van der Waals surface area contributed by atoms with Crippen LogP contribution in [0.15, 0.2) is 48.8 Å². The van der Waals surface area contributed by atoms with Gasteiger partial charge in [0.1, 0.15) is 17.9 Å². The van der Waals surface area contributed by atoms with Crippen LogP contribution in [-0.2, 0) is 18.2 Å². The highest BCUT2D eigenvalue weighted by Gasteiger charge is 2.21. The molecule has 27 heavy (non-hydrogen) atoms. The van der Waals surface area contributed by atoms with Crippen molar-refractivity contribution in [3.63, 3.8) is 0 Å². The number of hydrogen-bond donors (Lipinski definition) is 1. The Morgan fingerprint density at radius 1 is 1.19 bits per heavy atom. The zero-order valence-electron chi connectivity index (χ0n) is 15.1. The Kier molecular flexibility index (Phi) is 8.56. The maximum atomic E-state index is 12.3. The molecule has 0 unspecified atom stereocenters.